The molecule has 0 saturated heterocycles. The predicted molar refractivity (Wildman–Crippen MR) is 222 cm³/mol. The van der Waals surface area contributed by atoms with Gasteiger partial charge in [-0.15, -0.1) is 0 Å². The molecule has 6 nitrogen and oxygen atoms in total. The highest BCUT2D eigenvalue weighted by molar-refractivity contribution is 6.01. The fourth-order valence-corrected chi connectivity index (χ4v) is 6.60. The maximum absolute atomic E-state index is 11.7. The van der Waals surface area contributed by atoms with E-state index < -0.39 is 0 Å². The van der Waals surface area contributed by atoms with Crippen LogP contribution in [0.25, 0.3) is 33.4 Å². The summed E-state index contributed by atoms with van der Waals surface area (Å²) in [6, 6.07) is 42.9. The lowest BCUT2D eigenvalue weighted by molar-refractivity contribution is -0.141. The average molecular weight is 717 g/mol. The van der Waals surface area contributed by atoms with Crippen LogP contribution in [0.15, 0.2) is 121 Å². The summed E-state index contributed by atoms with van der Waals surface area (Å²) in [7, 11) is 2.84. The Balaban J connectivity index is 1.39. The summed E-state index contributed by atoms with van der Waals surface area (Å²) in [6.07, 6.45) is 1.99. The summed E-state index contributed by atoms with van der Waals surface area (Å²) < 4.78 is 9.61. The Morgan fingerprint density at radius 2 is 0.889 bits per heavy atom. The molecule has 0 aromatic heterocycles. The molecule has 0 unspecified atom stereocenters. The fraction of sp³-hybridized carbons (Fsp3) is 0.208. The van der Waals surface area contributed by atoms with Crippen molar-refractivity contribution >= 4 is 34.7 Å². The maximum atomic E-state index is 11.7. The van der Waals surface area contributed by atoms with E-state index >= 15 is 0 Å². The third kappa shape index (κ3) is 9.07. The van der Waals surface area contributed by atoms with Crippen molar-refractivity contribution in [1.29, 1.82) is 0 Å². The molecule has 6 aromatic carbocycles. The zero-order valence-corrected chi connectivity index (χ0v) is 32.0. The van der Waals surface area contributed by atoms with Crippen LogP contribution in [0.3, 0.4) is 0 Å². The first-order valence-corrected chi connectivity index (χ1v) is 18.4. The Kier molecular flexibility index (Phi) is 11.9. The minimum absolute atomic E-state index is 0.204. The molecule has 274 valence electrons. The zero-order chi connectivity index (χ0) is 38.2. The van der Waals surface area contributed by atoms with Crippen LogP contribution in [0.2, 0.25) is 0 Å². The number of aryl methyl sites for hydroxylation is 6. The first kappa shape index (κ1) is 37.6. The summed E-state index contributed by atoms with van der Waals surface area (Å²) in [5.41, 5.74) is 17.9. The van der Waals surface area contributed by atoms with Gasteiger partial charge in [0.25, 0.3) is 0 Å². The highest BCUT2D eigenvalue weighted by Gasteiger charge is 2.20. The fourth-order valence-electron chi connectivity index (χ4n) is 6.60. The van der Waals surface area contributed by atoms with Gasteiger partial charge in [0.05, 0.1) is 14.2 Å². The molecule has 0 radical (unpaired) electrons. The van der Waals surface area contributed by atoms with Crippen LogP contribution in [0.4, 0.5) is 22.7 Å². The predicted octanol–water partition coefficient (Wildman–Crippen LogP) is 11.6. The first-order valence-electron chi connectivity index (χ1n) is 18.4. The van der Waals surface area contributed by atoms with E-state index in [1.54, 1.807) is 0 Å². The van der Waals surface area contributed by atoms with Gasteiger partial charge in [-0.1, -0.05) is 78.9 Å². The van der Waals surface area contributed by atoms with Crippen LogP contribution in [0.1, 0.15) is 46.2 Å². The summed E-state index contributed by atoms with van der Waals surface area (Å²) in [5, 5.41) is 7.28. The van der Waals surface area contributed by atoms with Gasteiger partial charge in [0.1, 0.15) is 0 Å². The Morgan fingerprint density at radius 1 is 0.463 bits per heavy atom. The quantitative estimate of drug-likeness (QED) is 0.116. The van der Waals surface area contributed by atoms with E-state index in [1.165, 1.54) is 36.5 Å². The van der Waals surface area contributed by atoms with Crippen LogP contribution in [-0.4, -0.2) is 26.2 Å². The highest BCUT2D eigenvalue weighted by atomic mass is 16.5. The lowest BCUT2D eigenvalue weighted by atomic mass is 9.85. The van der Waals surface area contributed by atoms with Crippen LogP contribution < -0.4 is 10.6 Å². The second-order valence-electron chi connectivity index (χ2n) is 13.9. The van der Waals surface area contributed by atoms with Crippen molar-refractivity contribution in [3.63, 3.8) is 0 Å². The molecule has 6 aromatic rings. The Morgan fingerprint density at radius 3 is 1.35 bits per heavy atom. The van der Waals surface area contributed by atoms with Gasteiger partial charge >= 0.3 is 11.9 Å². The van der Waals surface area contributed by atoms with Gasteiger partial charge in [0.2, 0.25) is 0 Å². The van der Waals surface area contributed by atoms with Crippen LogP contribution >= 0.6 is 0 Å². The molecule has 2 N–H and O–H groups in total. The Hall–Kier alpha value is -6.14. The molecule has 6 rings (SSSR count). The van der Waals surface area contributed by atoms with Crippen molar-refractivity contribution in [1.82, 2.24) is 0 Å². The Labute approximate surface area is 319 Å². The number of methoxy groups -OCH3 is 2. The number of carbonyl (C=O) groups is 2. The third-order valence-electron chi connectivity index (χ3n) is 10.2. The van der Waals surface area contributed by atoms with E-state index in [2.05, 4.69) is 135 Å². The second-order valence-corrected chi connectivity index (χ2v) is 13.9. The largest absolute Gasteiger partial charge is 0.469 e. The number of anilines is 4. The first-order chi connectivity index (χ1) is 26.1. The standard InChI is InChI=1S/C48H48N2O4/c1-31-7-15-38(29-33(31)3)47-43(37-17-23-41(24-18-37)49-40-19-9-35(10-20-40)13-27-45(51)53-5)25-26-44(48(47)39-16-8-32(2)34(4)30-39)50-42-21-11-36(12-22-42)14-28-46(52)54-6/h7-12,15-26,29-30,49-50H,13-14,27-28H2,1-6H3. The van der Waals surface area contributed by atoms with Gasteiger partial charge in [-0.25, -0.2) is 0 Å². The number of rotatable bonds is 13. The van der Waals surface area contributed by atoms with Crippen molar-refractivity contribution in [2.24, 2.45) is 0 Å². The molecule has 54 heavy (non-hydrogen) atoms. The summed E-state index contributed by atoms with van der Waals surface area (Å²) in [5.74, 6) is -0.412. The number of hydrogen-bond donors (Lipinski definition) is 2. The molecule has 0 aliphatic rings. The van der Waals surface area contributed by atoms with E-state index in [4.69, 9.17) is 9.47 Å². The minimum atomic E-state index is -0.208. The number of benzene rings is 6. The number of hydrogen-bond acceptors (Lipinski definition) is 6. The molecule has 0 fully saturated rings. The smallest absolute Gasteiger partial charge is 0.305 e. The lowest BCUT2D eigenvalue weighted by Gasteiger charge is -2.22. The topological polar surface area (TPSA) is 76.7 Å². The lowest BCUT2D eigenvalue weighted by Crippen LogP contribution is -2.02. The third-order valence-corrected chi connectivity index (χ3v) is 10.2. The number of ether oxygens (including phenoxy) is 2. The van der Waals surface area contributed by atoms with Crippen molar-refractivity contribution in [2.45, 2.75) is 53.4 Å². The van der Waals surface area contributed by atoms with Crippen molar-refractivity contribution in [2.75, 3.05) is 24.9 Å². The van der Waals surface area contributed by atoms with Crippen LogP contribution in [-0.2, 0) is 31.9 Å². The van der Waals surface area contributed by atoms with Gasteiger partial charge in [-0.2, -0.15) is 0 Å². The molecule has 6 heteroatoms. The average Bonchev–Trinajstić information content (AvgIpc) is 3.19. The van der Waals surface area contributed by atoms with E-state index in [0.29, 0.717) is 25.7 Å². The molecule has 0 spiro atoms. The summed E-state index contributed by atoms with van der Waals surface area (Å²) in [4.78, 5) is 23.3. The van der Waals surface area contributed by atoms with Crippen LogP contribution in [0.5, 0.6) is 0 Å². The zero-order valence-electron chi connectivity index (χ0n) is 32.0. The van der Waals surface area contributed by atoms with E-state index in [1.807, 2.05) is 24.3 Å². The van der Waals surface area contributed by atoms with Crippen molar-refractivity contribution < 1.29 is 19.1 Å². The van der Waals surface area contributed by atoms with Gasteiger partial charge in [0, 0.05) is 41.2 Å². The molecular weight excluding hydrogens is 669 g/mol. The van der Waals surface area contributed by atoms with Gasteiger partial charge in [0.15, 0.2) is 0 Å². The van der Waals surface area contributed by atoms with Crippen LogP contribution in [0, 0.1) is 27.7 Å². The molecule has 0 saturated carbocycles. The molecule has 0 bridgehead atoms. The number of nitrogens with one attached hydrogen (secondary N) is 2. The summed E-state index contributed by atoms with van der Waals surface area (Å²) in [6.45, 7) is 8.64. The molecular formula is C48H48N2O4. The normalized spacial score (nSPS) is 10.9. The van der Waals surface area contributed by atoms with Gasteiger partial charge in [-0.3, -0.25) is 9.59 Å². The molecule has 0 atom stereocenters. The van der Waals surface area contributed by atoms with Crippen molar-refractivity contribution in [3.8, 4) is 33.4 Å². The van der Waals surface area contributed by atoms with E-state index in [0.717, 1.165) is 67.3 Å². The maximum Gasteiger partial charge on any atom is 0.305 e. The molecule has 0 amide bonds. The van der Waals surface area contributed by atoms with E-state index in [9.17, 15) is 9.59 Å². The van der Waals surface area contributed by atoms with Gasteiger partial charge < -0.3 is 20.1 Å². The van der Waals surface area contributed by atoms with Gasteiger partial charge in [-0.05, 0) is 144 Å². The van der Waals surface area contributed by atoms with E-state index in [-0.39, 0.29) is 11.9 Å². The SMILES string of the molecule is COC(=O)CCc1ccc(Nc2ccc(-c3ccc(Nc4ccc(CCC(=O)OC)cc4)c(-c4ccc(C)c(C)c4)c3-c3ccc(C)c(C)c3)cc2)cc1. The van der Waals surface area contributed by atoms with Crippen molar-refractivity contribution in [3.05, 3.63) is 155 Å². The highest BCUT2D eigenvalue weighted by Crippen LogP contribution is 2.46. The number of carbonyl (C=O) groups excluding carboxylic acids is 2. The minimum Gasteiger partial charge on any atom is -0.469 e. The molecule has 0 heterocycles. The second kappa shape index (κ2) is 17.1. The molecule has 0 aliphatic carbocycles. The Bertz CT molecular complexity index is 2260. The monoisotopic (exact) mass is 716 g/mol. The molecule has 0 aliphatic heterocycles. The summed E-state index contributed by atoms with van der Waals surface area (Å²) >= 11 is 0. The number of esters is 2.